The Labute approximate surface area is 121 Å². The summed E-state index contributed by atoms with van der Waals surface area (Å²) in [5.74, 6) is 0. The van der Waals surface area contributed by atoms with Gasteiger partial charge in [0.25, 0.3) is 6.20 Å². The highest BCUT2D eigenvalue weighted by atomic mass is 16.6. The number of rotatable bonds is 1. The van der Waals surface area contributed by atoms with E-state index in [2.05, 4.69) is 0 Å². The molecule has 0 bridgehead atoms. The van der Waals surface area contributed by atoms with Crippen molar-refractivity contribution in [3.8, 4) is 0 Å². The van der Waals surface area contributed by atoms with E-state index in [1.54, 1.807) is 20.8 Å². The standard InChI is InChI=1S/C13H17N3O5/c1-13(2,3)21-12(17)14-6-4-5-10-11(14)7-9(16(19)20)8-15(10)18/h7-8H,4-6H2,1-3H3. The van der Waals surface area contributed by atoms with Gasteiger partial charge >= 0.3 is 11.8 Å². The summed E-state index contributed by atoms with van der Waals surface area (Å²) in [6.07, 6.45) is 1.38. The second-order valence-corrected chi connectivity index (χ2v) is 5.85. The summed E-state index contributed by atoms with van der Waals surface area (Å²) in [7, 11) is 0. The fraction of sp³-hybridized carbons (Fsp3) is 0.538. The lowest BCUT2D eigenvalue weighted by atomic mass is 10.1. The van der Waals surface area contributed by atoms with Gasteiger partial charge in [0.2, 0.25) is 5.69 Å². The average molecular weight is 295 g/mol. The minimum absolute atomic E-state index is 0.250. The Bertz CT molecular complexity index is 594. The van der Waals surface area contributed by atoms with E-state index < -0.39 is 16.6 Å². The summed E-state index contributed by atoms with van der Waals surface area (Å²) in [5.41, 5.74) is -0.431. The maximum absolute atomic E-state index is 12.2. The molecule has 0 unspecified atom stereocenters. The molecule has 1 aromatic rings. The molecular formula is C13H17N3O5. The molecule has 0 radical (unpaired) electrons. The van der Waals surface area contributed by atoms with Crippen LogP contribution in [0.25, 0.3) is 0 Å². The Morgan fingerprint density at radius 2 is 2.14 bits per heavy atom. The van der Waals surface area contributed by atoms with E-state index in [1.165, 1.54) is 11.0 Å². The zero-order valence-electron chi connectivity index (χ0n) is 12.2. The number of hydrogen-bond donors (Lipinski definition) is 0. The Balaban J connectivity index is 2.42. The lowest BCUT2D eigenvalue weighted by Crippen LogP contribution is -2.44. The SMILES string of the molecule is CC(C)(C)OC(=O)N1CCCc2c1cc([N+](=O)[O-])c[n+]2[O-]. The van der Waals surface area contributed by atoms with Crippen molar-refractivity contribution < 1.29 is 19.2 Å². The van der Waals surface area contributed by atoms with Crippen LogP contribution < -0.4 is 9.63 Å². The lowest BCUT2D eigenvalue weighted by Gasteiger charge is -2.30. The summed E-state index contributed by atoms with van der Waals surface area (Å²) in [5, 5.41) is 22.7. The van der Waals surface area contributed by atoms with Gasteiger partial charge in [-0.05, 0) is 27.2 Å². The first kappa shape index (κ1) is 15.0. The molecule has 2 rings (SSSR count). The number of ether oxygens (including phenoxy) is 1. The van der Waals surface area contributed by atoms with Gasteiger partial charge in [0.05, 0.1) is 11.0 Å². The number of anilines is 1. The molecule has 8 nitrogen and oxygen atoms in total. The third-order valence-corrected chi connectivity index (χ3v) is 3.01. The van der Waals surface area contributed by atoms with Gasteiger partial charge in [-0.25, -0.2) is 4.79 Å². The van der Waals surface area contributed by atoms with Crippen LogP contribution in [0.4, 0.5) is 16.2 Å². The number of nitro groups is 1. The van der Waals surface area contributed by atoms with Gasteiger partial charge < -0.3 is 9.94 Å². The molecular weight excluding hydrogens is 278 g/mol. The van der Waals surface area contributed by atoms with Crippen molar-refractivity contribution in [2.75, 3.05) is 11.4 Å². The van der Waals surface area contributed by atoms with Gasteiger partial charge in [0.1, 0.15) is 11.3 Å². The predicted molar refractivity (Wildman–Crippen MR) is 74.0 cm³/mol. The second kappa shape index (κ2) is 5.19. The number of amides is 1. The van der Waals surface area contributed by atoms with Crippen molar-refractivity contribution in [2.24, 2.45) is 0 Å². The van der Waals surface area contributed by atoms with Crippen LogP contribution in [-0.2, 0) is 11.2 Å². The smallest absolute Gasteiger partial charge is 0.415 e. The van der Waals surface area contributed by atoms with Crippen molar-refractivity contribution >= 4 is 17.5 Å². The quantitative estimate of drug-likeness (QED) is 0.341. The van der Waals surface area contributed by atoms with E-state index in [0.717, 1.165) is 6.20 Å². The van der Waals surface area contributed by atoms with Crippen LogP contribution in [0.5, 0.6) is 0 Å². The molecule has 8 heteroatoms. The number of pyridine rings is 1. The van der Waals surface area contributed by atoms with Crippen LogP contribution >= 0.6 is 0 Å². The molecule has 1 amide bonds. The molecule has 0 N–H and O–H groups in total. The molecule has 0 fully saturated rings. The van der Waals surface area contributed by atoms with E-state index in [9.17, 15) is 20.1 Å². The molecule has 0 aliphatic carbocycles. The number of hydrogen-bond acceptors (Lipinski definition) is 5. The predicted octanol–water partition coefficient (Wildman–Crippen LogP) is 1.92. The zero-order valence-corrected chi connectivity index (χ0v) is 12.2. The fourth-order valence-electron chi connectivity index (χ4n) is 2.18. The first-order chi connectivity index (χ1) is 9.69. The largest absolute Gasteiger partial charge is 0.618 e. The van der Waals surface area contributed by atoms with Crippen molar-refractivity contribution in [1.82, 2.24) is 0 Å². The minimum atomic E-state index is -0.678. The van der Waals surface area contributed by atoms with E-state index in [4.69, 9.17) is 4.74 Å². The molecule has 0 spiro atoms. The van der Waals surface area contributed by atoms with Crippen molar-refractivity contribution in [3.05, 3.63) is 33.3 Å². The number of carbonyl (C=O) groups is 1. The first-order valence-corrected chi connectivity index (χ1v) is 6.60. The average Bonchev–Trinajstić information content (AvgIpc) is 2.35. The van der Waals surface area contributed by atoms with Gasteiger partial charge in [-0.15, -0.1) is 0 Å². The van der Waals surface area contributed by atoms with Gasteiger partial charge in [-0.2, -0.15) is 4.73 Å². The van der Waals surface area contributed by atoms with Gasteiger partial charge in [-0.3, -0.25) is 15.0 Å². The molecule has 1 aliphatic heterocycles. The van der Waals surface area contributed by atoms with Gasteiger partial charge in [-0.1, -0.05) is 0 Å². The third-order valence-electron chi connectivity index (χ3n) is 3.01. The summed E-state index contributed by atoms with van der Waals surface area (Å²) in [4.78, 5) is 23.7. The van der Waals surface area contributed by atoms with E-state index >= 15 is 0 Å². The molecule has 0 aromatic carbocycles. The number of fused-ring (bicyclic) bond motifs is 1. The van der Waals surface area contributed by atoms with Crippen molar-refractivity contribution in [3.63, 3.8) is 0 Å². The molecule has 1 aliphatic rings. The summed E-state index contributed by atoms with van der Waals surface area (Å²) < 4.78 is 5.74. The van der Waals surface area contributed by atoms with Crippen LogP contribution in [0, 0.1) is 15.3 Å². The molecule has 2 heterocycles. The van der Waals surface area contributed by atoms with Crippen LogP contribution in [0.2, 0.25) is 0 Å². The van der Waals surface area contributed by atoms with Crippen LogP contribution in [0.15, 0.2) is 12.3 Å². The number of carbonyl (C=O) groups excluding carboxylic acids is 1. The molecule has 0 saturated heterocycles. The normalized spacial score (nSPS) is 14.5. The van der Waals surface area contributed by atoms with Crippen molar-refractivity contribution in [2.45, 2.75) is 39.2 Å². The third kappa shape index (κ3) is 3.21. The highest BCUT2D eigenvalue weighted by molar-refractivity contribution is 5.89. The lowest BCUT2D eigenvalue weighted by molar-refractivity contribution is -0.617. The second-order valence-electron chi connectivity index (χ2n) is 5.85. The molecule has 0 saturated carbocycles. The van der Waals surface area contributed by atoms with E-state index in [1.807, 2.05) is 0 Å². The van der Waals surface area contributed by atoms with Crippen LogP contribution in [-0.4, -0.2) is 23.2 Å². The zero-order chi connectivity index (χ0) is 15.8. The maximum Gasteiger partial charge on any atom is 0.415 e. The van der Waals surface area contributed by atoms with Crippen LogP contribution in [0.3, 0.4) is 0 Å². The van der Waals surface area contributed by atoms with Crippen molar-refractivity contribution in [1.29, 1.82) is 0 Å². The molecule has 0 atom stereocenters. The minimum Gasteiger partial charge on any atom is -0.618 e. The molecule has 21 heavy (non-hydrogen) atoms. The highest BCUT2D eigenvalue weighted by Gasteiger charge is 2.33. The Morgan fingerprint density at radius 3 is 2.71 bits per heavy atom. The Hall–Kier alpha value is -2.38. The Morgan fingerprint density at radius 1 is 1.48 bits per heavy atom. The fourth-order valence-corrected chi connectivity index (χ4v) is 2.18. The monoisotopic (exact) mass is 295 g/mol. The van der Waals surface area contributed by atoms with Gasteiger partial charge in [0, 0.05) is 13.0 Å². The van der Waals surface area contributed by atoms with Crippen LogP contribution in [0.1, 0.15) is 32.9 Å². The maximum atomic E-state index is 12.2. The summed E-state index contributed by atoms with van der Waals surface area (Å²) >= 11 is 0. The number of aromatic nitrogens is 1. The number of nitrogens with zero attached hydrogens (tertiary/aromatic N) is 3. The molecule has 114 valence electrons. The summed E-state index contributed by atoms with van der Waals surface area (Å²) in [6.45, 7) is 5.56. The van der Waals surface area contributed by atoms with E-state index in [-0.39, 0.29) is 11.4 Å². The van der Waals surface area contributed by atoms with Gasteiger partial charge in [0.15, 0.2) is 0 Å². The molecule has 1 aromatic heterocycles. The summed E-state index contributed by atoms with van der Waals surface area (Å²) in [6, 6.07) is 1.24. The van der Waals surface area contributed by atoms with E-state index in [0.29, 0.717) is 29.8 Å². The first-order valence-electron chi connectivity index (χ1n) is 6.60. The highest BCUT2D eigenvalue weighted by Crippen LogP contribution is 2.29. The topological polar surface area (TPSA) is 99.6 Å². The Kier molecular flexibility index (Phi) is 3.71.